The van der Waals surface area contributed by atoms with Crippen LogP contribution in [-0.2, 0) is 0 Å². The van der Waals surface area contributed by atoms with Gasteiger partial charge in [-0.15, -0.1) is 0 Å². The minimum absolute atomic E-state index is 0.153. The van der Waals surface area contributed by atoms with Crippen molar-refractivity contribution >= 4 is 17.5 Å². The fraction of sp³-hybridized carbons (Fsp3) is 0.533. The van der Waals surface area contributed by atoms with E-state index in [4.69, 9.17) is 4.74 Å². The van der Waals surface area contributed by atoms with Gasteiger partial charge in [-0.05, 0) is 49.3 Å². The highest BCUT2D eigenvalue weighted by Crippen LogP contribution is 2.25. The summed E-state index contributed by atoms with van der Waals surface area (Å²) in [5.74, 6) is 1.38. The second-order valence-electron chi connectivity index (χ2n) is 4.65. The molecule has 0 fully saturated rings. The third-order valence-electron chi connectivity index (χ3n) is 2.74. The van der Waals surface area contributed by atoms with Gasteiger partial charge in [0.2, 0.25) is 0 Å². The number of ether oxygens (including phenoxy) is 1. The highest BCUT2D eigenvalue weighted by molar-refractivity contribution is 8.00. The average molecular weight is 266 g/mol. The molecule has 0 N–H and O–H groups in total. The average Bonchev–Trinajstić information content (AvgIpc) is 2.30. The Balaban J connectivity index is 2.98. The molecule has 0 heterocycles. The zero-order valence-corrected chi connectivity index (χ0v) is 12.7. The first-order valence-electron chi connectivity index (χ1n) is 6.34. The molecule has 0 unspecified atom stereocenters. The van der Waals surface area contributed by atoms with Crippen molar-refractivity contribution in [2.24, 2.45) is 0 Å². The van der Waals surface area contributed by atoms with Crippen LogP contribution in [0, 0.1) is 13.8 Å². The topological polar surface area (TPSA) is 26.3 Å². The van der Waals surface area contributed by atoms with E-state index in [9.17, 15) is 4.79 Å². The molecule has 0 aliphatic carbocycles. The number of rotatable bonds is 6. The lowest BCUT2D eigenvalue weighted by Crippen LogP contribution is -2.09. The first kappa shape index (κ1) is 15.1. The molecule has 18 heavy (non-hydrogen) atoms. The number of Topliss-reactive ketones (excluding diaryl/α,β-unsaturated/α-hetero) is 1. The van der Waals surface area contributed by atoms with E-state index >= 15 is 0 Å². The normalized spacial score (nSPS) is 10.8. The van der Waals surface area contributed by atoms with Gasteiger partial charge in [-0.25, -0.2) is 0 Å². The summed E-state index contributed by atoms with van der Waals surface area (Å²) in [4.78, 5) is 12.2. The minimum Gasteiger partial charge on any atom is -0.493 e. The van der Waals surface area contributed by atoms with Gasteiger partial charge in [0.05, 0.1) is 17.9 Å². The molecule has 0 aromatic heterocycles. The molecule has 0 saturated heterocycles. The molecule has 2 nitrogen and oxygen atoms in total. The van der Waals surface area contributed by atoms with Crippen LogP contribution >= 0.6 is 11.8 Å². The molecule has 0 atom stereocenters. The smallest absolute Gasteiger partial charge is 0.176 e. The van der Waals surface area contributed by atoms with E-state index in [0.29, 0.717) is 23.2 Å². The molecule has 1 rings (SSSR count). The summed E-state index contributed by atoms with van der Waals surface area (Å²) in [6.45, 7) is 10.8. The van der Waals surface area contributed by atoms with E-state index in [2.05, 4.69) is 13.8 Å². The number of carbonyl (C=O) groups excluding carboxylic acids is 1. The molecule has 0 aliphatic heterocycles. The van der Waals surface area contributed by atoms with Gasteiger partial charge in [0.15, 0.2) is 5.78 Å². The number of thioether (sulfide) groups is 1. The molecule has 1 aromatic rings. The van der Waals surface area contributed by atoms with Gasteiger partial charge in [0, 0.05) is 0 Å². The van der Waals surface area contributed by atoms with Crippen molar-refractivity contribution in [3.63, 3.8) is 0 Å². The van der Waals surface area contributed by atoms with Crippen LogP contribution in [0.15, 0.2) is 12.1 Å². The van der Waals surface area contributed by atoms with E-state index in [0.717, 1.165) is 16.9 Å². The Hall–Kier alpha value is -0.960. The predicted octanol–water partition coefficient (Wildman–Crippen LogP) is 4.03. The third kappa shape index (κ3) is 4.05. The molecule has 0 spiro atoms. The molecule has 0 saturated carbocycles. The molecule has 0 aliphatic rings. The summed E-state index contributed by atoms with van der Waals surface area (Å²) >= 11 is 1.67. The first-order chi connectivity index (χ1) is 8.45. The summed E-state index contributed by atoms with van der Waals surface area (Å²) in [5, 5.41) is 0.469. The molecule has 100 valence electrons. The first-order valence-corrected chi connectivity index (χ1v) is 7.39. The van der Waals surface area contributed by atoms with Crippen molar-refractivity contribution in [3.8, 4) is 5.75 Å². The molecular formula is C15H22O2S. The monoisotopic (exact) mass is 266 g/mol. The zero-order valence-electron chi connectivity index (χ0n) is 11.9. The largest absolute Gasteiger partial charge is 0.493 e. The number of ketones is 1. The number of hydrogen-bond acceptors (Lipinski definition) is 3. The Kier molecular flexibility index (Phi) is 5.73. The summed E-state index contributed by atoms with van der Waals surface area (Å²) in [5.41, 5.74) is 3.01. The highest BCUT2D eigenvalue weighted by atomic mass is 32.2. The van der Waals surface area contributed by atoms with E-state index < -0.39 is 0 Å². The van der Waals surface area contributed by atoms with Gasteiger partial charge in [-0.1, -0.05) is 13.8 Å². The number of carbonyl (C=O) groups is 1. The van der Waals surface area contributed by atoms with Crippen molar-refractivity contribution in [1.29, 1.82) is 0 Å². The lowest BCUT2D eigenvalue weighted by atomic mass is 10.0. The van der Waals surface area contributed by atoms with E-state index in [1.54, 1.807) is 11.8 Å². The molecule has 1 aromatic carbocycles. The molecular weight excluding hydrogens is 244 g/mol. The SMILES string of the molecule is CCOc1cc(C)c(C)cc1C(=O)CSC(C)C. The number of aryl methyl sites for hydroxylation is 2. The van der Waals surface area contributed by atoms with Gasteiger partial charge < -0.3 is 4.74 Å². The Morgan fingerprint density at radius 1 is 1.28 bits per heavy atom. The van der Waals surface area contributed by atoms with Crippen LogP contribution in [0.4, 0.5) is 0 Å². The van der Waals surface area contributed by atoms with Gasteiger partial charge >= 0.3 is 0 Å². The molecule has 0 amide bonds. The third-order valence-corrected chi connectivity index (χ3v) is 3.84. The van der Waals surface area contributed by atoms with Gasteiger partial charge in [-0.3, -0.25) is 4.79 Å². The zero-order chi connectivity index (χ0) is 13.7. The van der Waals surface area contributed by atoms with E-state index in [-0.39, 0.29) is 5.78 Å². The van der Waals surface area contributed by atoms with Crippen molar-refractivity contribution in [3.05, 3.63) is 28.8 Å². The summed E-state index contributed by atoms with van der Waals surface area (Å²) in [6.07, 6.45) is 0. The summed E-state index contributed by atoms with van der Waals surface area (Å²) in [7, 11) is 0. The maximum Gasteiger partial charge on any atom is 0.176 e. The summed E-state index contributed by atoms with van der Waals surface area (Å²) in [6, 6.07) is 3.91. The highest BCUT2D eigenvalue weighted by Gasteiger charge is 2.14. The fourth-order valence-electron chi connectivity index (χ4n) is 1.60. The Morgan fingerprint density at radius 3 is 2.44 bits per heavy atom. The fourth-order valence-corrected chi connectivity index (χ4v) is 2.24. The van der Waals surface area contributed by atoms with Gasteiger partial charge in [0.1, 0.15) is 5.75 Å². The Labute approximate surface area is 114 Å². The van der Waals surface area contributed by atoms with Crippen molar-refractivity contribution in [2.45, 2.75) is 39.9 Å². The second-order valence-corrected chi connectivity index (χ2v) is 6.21. The standard InChI is InChI=1S/C15H22O2S/c1-6-17-15-8-12(5)11(4)7-13(15)14(16)9-18-10(2)3/h7-8,10H,6,9H2,1-5H3. The minimum atomic E-state index is 0.153. The molecule has 3 heteroatoms. The van der Waals surface area contributed by atoms with E-state index in [1.807, 2.05) is 32.9 Å². The van der Waals surface area contributed by atoms with Crippen LogP contribution in [0.5, 0.6) is 5.75 Å². The lowest BCUT2D eigenvalue weighted by Gasteiger charge is -2.13. The van der Waals surface area contributed by atoms with Crippen molar-refractivity contribution in [1.82, 2.24) is 0 Å². The molecule has 0 bridgehead atoms. The van der Waals surface area contributed by atoms with E-state index in [1.165, 1.54) is 0 Å². The van der Waals surface area contributed by atoms with Crippen LogP contribution in [0.25, 0.3) is 0 Å². The maximum absolute atomic E-state index is 12.2. The Morgan fingerprint density at radius 2 is 1.89 bits per heavy atom. The van der Waals surface area contributed by atoms with Crippen LogP contribution in [0.1, 0.15) is 42.3 Å². The van der Waals surface area contributed by atoms with Crippen molar-refractivity contribution < 1.29 is 9.53 Å². The number of benzene rings is 1. The quantitative estimate of drug-likeness (QED) is 0.727. The van der Waals surface area contributed by atoms with Crippen LogP contribution in [0.3, 0.4) is 0 Å². The van der Waals surface area contributed by atoms with Crippen LogP contribution in [-0.4, -0.2) is 23.4 Å². The molecule has 0 radical (unpaired) electrons. The van der Waals surface area contributed by atoms with Crippen LogP contribution in [0.2, 0.25) is 0 Å². The summed E-state index contributed by atoms with van der Waals surface area (Å²) < 4.78 is 5.57. The lowest BCUT2D eigenvalue weighted by molar-refractivity contribution is 0.101. The number of hydrogen-bond donors (Lipinski definition) is 0. The van der Waals surface area contributed by atoms with Gasteiger partial charge in [0.25, 0.3) is 0 Å². The van der Waals surface area contributed by atoms with Gasteiger partial charge in [-0.2, -0.15) is 11.8 Å². The van der Waals surface area contributed by atoms with Crippen LogP contribution < -0.4 is 4.74 Å². The predicted molar refractivity (Wildman–Crippen MR) is 79.0 cm³/mol. The second kappa shape index (κ2) is 6.83. The van der Waals surface area contributed by atoms with Crippen molar-refractivity contribution in [2.75, 3.05) is 12.4 Å². The Bertz CT molecular complexity index is 425. The maximum atomic E-state index is 12.2.